The molecule has 3 rings (SSSR count). The molecule has 1 fully saturated rings. The van der Waals surface area contributed by atoms with E-state index in [1.807, 2.05) is 0 Å². The van der Waals surface area contributed by atoms with Crippen LogP contribution in [0.2, 0.25) is 0 Å². The van der Waals surface area contributed by atoms with Crippen LogP contribution in [0.5, 0.6) is 0 Å². The molecule has 0 radical (unpaired) electrons. The Morgan fingerprint density at radius 1 is 1.15 bits per heavy atom. The van der Waals surface area contributed by atoms with Gasteiger partial charge in [-0.1, -0.05) is 5.16 Å². The molecule has 0 bridgehead atoms. The van der Waals surface area contributed by atoms with Crippen LogP contribution in [-0.4, -0.2) is 69.7 Å². The Morgan fingerprint density at radius 3 is 2.48 bits per heavy atom. The normalized spacial score (nSPS) is 14.2. The summed E-state index contributed by atoms with van der Waals surface area (Å²) >= 11 is 0. The van der Waals surface area contributed by atoms with Crippen LogP contribution in [0.15, 0.2) is 16.7 Å². The lowest BCUT2D eigenvalue weighted by Crippen LogP contribution is -2.50. The van der Waals surface area contributed by atoms with Gasteiger partial charge in [0.25, 0.3) is 5.91 Å². The number of nitrogens with zero attached hydrogens (tertiary/aromatic N) is 5. The van der Waals surface area contributed by atoms with Gasteiger partial charge in [0.15, 0.2) is 5.82 Å². The number of carbonyl (C=O) groups is 2. The van der Waals surface area contributed by atoms with E-state index in [0.29, 0.717) is 50.1 Å². The van der Waals surface area contributed by atoms with Gasteiger partial charge < -0.3 is 24.4 Å². The first-order valence-electron chi connectivity index (χ1n) is 8.73. The molecule has 0 spiro atoms. The molecule has 0 atom stereocenters. The van der Waals surface area contributed by atoms with Crippen LogP contribution in [0, 0.1) is 13.8 Å². The number of piperazine rings is 1. The van der Waals surface area contributed by atoms with Gasteiger partial charge in [-0.25, -0.2) is 14.8 Å². The van der Waals surface area contributed by atoms with Crippen LogP contribution in [0.4, 0.5) is 16.6 Å². The van der Waals surface area contributed by atoms with Crippen molar-refractivity contribution in [3.8, 4) is 0 Å². The van der Waals surface area contributed by atoms with E-state index in [0.717, 1.165) is 0 Å². The second-order valence-electron chi connectivity index (χ2n) is 6.14. The summed E-state index contributed by atoms with van der Waals surface area (Å²) in [5.74, 6) is 1.20. The summed E-state index contributed by atoms with van der Waals surface area (Å²) in [6, 6.07) is 3.35. The summed E-state index contributed by atoms with van der Waals surface area (Å²) < 4.78 is 9.99. The standard InChI is InChI=1S/C17H22N6O4/c1-4-26-17(25)23-7-5-22(6-8-23)15(24)13-9-11(2)18-16(19-13)20-14-10-12(3)27-21-14/h9-10H,4-8H2,1-3H3,(H,18,19,20,21). The molecule has 10 nitrogen and oxygen atoms in total. The Kier molecular flexibility index (Phi) is 5.53. The van der Waals surface area contributed by atoms with E-state index >= 15 is 0 Å². The predicted octanol–water partition coefficient (Wildman–Crippen LogP) is 1.74. The fraction of sp³-hybridized carbons (Fsp3) is 0.471. The molecule has 1 aliphatic heterocycles. The third-order valence-corrected chi connectivity index (χ3v) is 4.03. The summed E-state index contributed by atoms with van der Waals surface area (Å²) in [5.41, 5.74) is 0.941. The van der Waals surface area contributed by atoms with E-state index in [2.05, 4.69) is 20.4 Å². The van der Waals surface area contributed by atoms with Crippen molar-refractivity contribution in [2.24, 2.45) is 0 Å². The molecule has 1 N–H and O–H groups in total. The number of ether oxygens (including phenoxy) is 1. The van der Waals surface area contributed by atoms with E-state index < -0.39 is 0 Å². The van der Waals surface area contributed by atoms with Crippen LogP contribution in [0.3, 0.4) is 0 Å². The number of amides is 2. The van der Waals surface area contributed by atoms with E-state index in [1.165, 1.54) is 0 Å². The third kappa shape index (κ3) is 4.52. The van der Waals surface area contributed by atoms with E-state index in [4.69, 9.17) is 9.26 Å². The second-order valence-corrected chi connectivity index (χ2v) is 6.14. The molecular weight excluding hydrogens is 352 g/mol. The van der Waals surface area contributed by atoms with Crippen molar-refractivity contribution in [1.82, 2.24) is 24.9 Å². The average molecular weight is 374 g/mol. The number of nitrogens with one attached hydrogen (secondary N) is 1. The molecular formula is C17H22N6O4. The van der Waals surface area contributed by atoms with Crippen molar-refractivity contribution in [2.45, 2.75) is 20.8 Å². The van der Waals surface area contributed by atoms with Crippen LogP contribution in [0.1, 0.15) is 28.9 Å². The van der Waals surface area contributed by atoms with Crippen LogP contribution >= 0.6 is 0 Å². The zero-order valence-electron chi connectivity index (χ0n) is 15.6. The number of anilines is 2. The minimum absolute atomic E-state index is 0.205. The maximum absolute atomic E-state index is 12.8. The molecule has 0 saturated carbocycles. The van der Waals surface area contributed by atoms with Crippen molar-refractivity contribution >= 4 is 23.8 Å². The number of aryl methyl sites for hydroxylation is 2. The molecule has 2 amide bonds. The lowest BCUT2D eigenvalue weighted by Gasteiger charge is -2.33. The lowest BCUT2D eigenvalue weighted by molar-refractivity contribution is 0.0566. The zero-order chi connectivity index (χ0) is 19.4. The Bertz CT molecular complexity index is 829. The molecule has 0 aromatic carbocycles. The number of carbonyl (C=O) groups excluding carboxylic acids is 2. The van der Waals surface area contributed by atoms with Gasteiger partial charge in [0, 0.05) is 37.9 Å². The number of hydrogen-bond donors (Lipinski definition) is 1. The summed E-state index contributed by atoms with van der Waals surface area (Å²) in [7, 11) is 0. The maximum Gasteiger partial charge on any atom is 0.409 e. The quantitative estimate of drug-likeness (QED) is 0.861. The molecule has 0 unspecified atom stereocenters. The van der Waals surface area contributed by atoms with Crippen molar-refractivity contribution < 1.29 is 18.8 Å². The highest BCUT2D eigenvalue weighted by Gasteiger charge is 2.26. The second kappa shape index (κ2) is 8.02. The monoisotopic (exact) mass is 374 g/mol. The molecule has 2 aromatic heterocycles. The topological polar surface area (TPSA) is 114 Å². The van der Waals surface area contributed by atoms with Crippen molar-refractivity contribution in [3.05, 3.63) is 29.3 Å². The molecule has 3 heterocycles. The summed E-state index contributed by atoms with van der Waals surface area (Å²) in [4.78, 5) is 36.4. The largest absolute Gasteiger partial charge is 0.450 e. The van der Waals surface area contributed by atoms with Gasteiger partial charge in [-0.2, -0.15) is 0 Å². The van der Waals surface area contributed by atoms with E-state index in [1.54, 1.807) is 42.7 Å². The van der Waals surface area contributed by atoms with Gasteiger partial charge in [-0.3, -0.25) is 4.79 Å². The van der Waals surface area contributed by atoms with Gasteiger partial charge >= 0.3 is 6.09 Å². The molecule has 27 heavy (non-hydrogen) atoms. The first-order valence-corrected chi connectivity index (χ1v) is 8.73. The fourth-order valence-electron chi connectivity index (χ4n) is 2.74. The molecule has 144 valence electrons. The molecule has 1 saturated heterocycles. The smallest absolute Gasteiger partial charge is 0.409 e. The number of hydrogen-bond acceptors (Lipinski definition) is 8. The Balaban J connectivity index is 1.67. The Labute approximate surface area is 156 Å². The van der Waals surface area contributed by atoms with Gasteiger partial charge in [0.1, 0.15) is 11.5 Å². The average Bonchev–Trinajstić information content (AvgIpc) is 3.05. The minimum atomic E-state index is -0.350. The predicted molar refractivity (Wildman–Crippen MR) is 95.8 cm³/mol. The Hall–Kier alpha value is -3.17. The molecule has 1 aliphatic rings. The van der Waals surface area contributed by atoms with Crippen molar-refractivity contribution in [1.29, 1.82) is 0 Å². The first-order chi connectivity index (χ1) is 13.0. The number of aromatic nitrogens is 3. The SMILES string of the molecule is CCOC(=O)N1CCN(C(=O)c2cc(C)nc(Nc3cc(C)on3)n2)CC1. The molecule has 10 heteroatoms. The van der Waals surface area contributed by atoms with Crippen LogP contribution in [0.25, 0.3) is 0 Å². The molecule has 2 aromatic rings. The van der Waals surface area contributed by atoms with Crippen molar-refractivity contribution in [2.75, 3.05) is 38.1 Å². The van der Waals surface area contributed by atoms with Gasteiger partial charge in [-0.15, -0.1) is 0 Å². The highest BCUT2D eigenvalue weighted by molar-refractivity contribution is 5.93. The number of rotatable bonds is 4. The zero-order valence-corrected chi connectivity index (χ0v) is 15.6. The van der Waals surface area contributed by atoms with Gasteiger partial charge in [0.2, 0.25) is 5.95 Å². The third-order valence-electron chi connectivity index (χ3n) is 4.03. The summed E-state index contributed by atoms with van der Waals surface area (Å²) in [6.45, 7) is 7.37. The van der Waals surface area contributed by atoms with Crippen molar-refractivity contribution in [3.63, 3.8) is 0 Å². The van der Waals surface area contributed by atoms with Gasteiger partial charge in [-0.05, 0) is 26.8 Å². The summed E-state index contributed by atoms with van der Waals surface area (Å²) in [6.07, 6.45) is -0.350. The fourth-order valence-corrected chi connectivity index (χ4v) is 2.74. The van der Waals surface area contributed by atoms with Crippen LogP contribution < -0.4 is 5.32 Å². The van der Waals surface area contributed by atoms with Crippen LogP contribution in [-0.2, 0) is 4.74 Å². The molecule has 0 aliphatic carbocycles. The highest BCUT2D eigenvalue weighted by Crippen LogP contribution is 2.15. The highest BCUT2D eigenvalue weighted by atomic mass is 16.6. The van der Waals surface area contributed by atoms with Gasteiger partial charge in [0.05, 0.1) is 6.61 Å². The lowest BCUT2D eigenvalue weighted by atomic mass is 10.2. The summed E-state index contributed by atoms with van der Waals surface area (Å²) in [5, 5.41) is 6.77. The van der Waals surface area contributed by atoms with E-state index in [9.17, 15) is 9.59 Å². The maximum atomic E-state index is 12.8. The Morgan fingerprint density at radius 2 is 1.85 bits per heavy atom. The van der Waals surface area contributed by atoms with E-state index in [-0.39, 0.29) is 23.6 Å². The first kappa shape index (κ1) is 18.6. The minimum Gasteiger partial charge on any atom is -0.450 e.